The van der Waals surface area contributed by atoms with Crippen LogP contribution >= 0.6 is 0 Å². The second-order valence-corrected chi connectivity index (χ2v) is 6.56. The van der Waals surface area contributed by atoms with Crippen LogP contribution in [0.2, 0.25) is 0 Å². The molecule has 2 heterocycles. The third kappa shape index (κ3) is 2.98. The van der Waals surface area contributed by atoms with Gasteiger partial charge in [-0.3, -0.25) is 4.79 Å². The molecule has 1 unspecified atom stereocenters. The van der Waals surface area contributed by atoms with E-state index in [0.29, 0.717) is 12.3 Å². The van der Waals surface area contributed by atoms with Gasteiger partial charge in [-0.05, 0) is 36.0 Å². The Morgan fingerprint density at radius 3 is 2.58 bits per heavy atom. The molecule has 4 rings (SSSR count). The fraction of sp³-hybridized carbons (Fsp3) is 0.421. The Bertz CT molecular complexity index is 710. The number of fused-ring (bicyclic) bond motifs is 1. The minimum atomic E-state index is 0.283. The third-order valence-corrected chi connectivity index (χ3v) is 5.15. The average Bonchev–Trinajstić information content (AvgIpc) is 3.06. The molecule has 2 aliphatic rings. The van der Waals surface area contributed by atoms with Crippen molar-refractivity contribution in [3.8, 4) is 0 Å². The van der Waals surface area contributed by atoms with Crippen LogP contribution in [0, 0.1) is 0 Å². The lowest BCUT2D eigenvalue weighted by Gasteiger charge is -2.35. The molecule has 1 aliphatic heterocycles. The zero-order valence-corrected chi connectivity index (χ0v) is 13.8. The summed E-state index contributed by atoms with van der Waals surface area (Å²) >= 11 is 0. The number of aryl methyl sites for hydroxylation is 1. The molecule has 0 N–H and O–H groups in total. The Kier molecular flexibility index (Phi) is 4.15. The molecule has 124 valence electrons. The fourth-order valence-corrected chi connectivity index (χ4v) is 3.81. The number of rotatable bonds is 3. The van der Waals surface area contributed by atoms with Gasteiger partial charge in [0.15, 0.2) is 0 Å². The topological polar surface area (TPSA) is 49.3 Å². The van der Waals surface area contributed by atoms with Crippen molar-refractivity contribution < 1.29 is 4.79 Å². The molecule has 1 aromatic carbocycles. The van der Waals surface area contributed by atoms with Crippen molar-refractivity contribution >= 4 is 11.9 Å². The van der Waals surface area contributed by atoms with E-state index in [9.17, 15) is 4.79 Å². The van der Waals surface area contributed by atoms with Gasteiger partial charge < -0.3 is 9.80 Å². The summed E-state index contributed by atoms with van der Waals surface area (Å²) in [5, 5.41) is 0. The number of hydrogen-bond acceptors (Lipinski definition) is 4. The van der Waals surface area contributed by atoms with Crippen molar-refractivity contribution in [3.63, 3.8) is 0 Å². The lowest BCUT2D eigenvalue weighted by molar-refractivity contribution is -0.131. The van der Waals surface area contributed by atoms with Gasteiger partial charge in [0.2, 0.25) is 11.9 Å². The Balaban J connectivity index is 1.34. The van der Waals surface area contributed by atoms with Crippen LogP contribution in [0.3, 0.4) is 0 Å². The zero-order valence-electron chi connectivity index (χ0n) is 13.8. The van der Waals surface area contributed by atoms with Gasteiger partial charge in [-0.25, -0.2) is 9.97 Å². The van der Waals surface area contributed by atoms with Gasteiger partial charge in [0.25, 0.3) is 0 Å². The van der Waals surface area contributed by atoms with Crippen LogP contribution in [0.15, 0.2) is 42.7 Å². The first-order valence-corrected chi connectivity index (χ1v) is 8.69. The number of piperazine rings is 1. The Hall–Kier alpha value is -2.43. The van der Waals surface area contributed by atoms with E-state index in [1.54, 1.807) is 12.4 Å². The molecule has 1 fully saturated rings. The molecule has 0 saturated carbocycles. The second-order valence-electron chi connectivity index (χ2n) is 6.56. The molecule has 1 saturated heterocycles. The number of anilines is 1. The predicted octanol–water partition coefficient (Wildman–Crippen LogP) is 2.25. The Morgan fingerprint density at radius 2 is 1.79 bits per heavy atom. The first-order chi connectivity index (χ1) is 11.8. The Morgan fingerprint density at radius 1 is 1.04 bits per heavy atom. The third-order valence-electron chi connectivity index (χ3n) is 5.15. The molecule has 2 aromatic rings. The number of carbonyl (C=O) groups is 1. The number of carbonyl (C=O) groups excluding carboxylic acids is 1. The first-order valence-electron chi connectivity index (χ1n) is 8.69. The smallest absolute Gasteiger partial charge is 0.225 e. The predicted molar refractivity (Wildman–Crippen MR) is 92.9 cm³/mol. The van der Waals surface area contributed by atoms with Gasteiger partial charge in [-0.2, -0.15) is 0 Å². The second kappa shape index (κ2) is 6.59. The van der Waals surface area contributed by atoms with Crippen molar-refractivity contribution in [2.45, 2.75) is 25.2 Å². The summed E-state index contributed by atoms with van der Waals surface area (Å²) in [6, 6.07) is 10.4. The van der Waals surface area contributed by atoms with Crippen molar-refractivity contribution in [3.05, 3.63) is 53.9 Å². The molecule has 24 heavy (non-hydrogen) atoms. The lowest BCUT2D eigenvalue weighted by atomic mass is 9.97. The van der Waals surface area contributed by atoms with Gasteiger partial charge in [-0.15, -0.1) is 0 Å². The highest BCUT2D eigenvalue weighted by atomic mass is 16.2. The number of nitrogens with zero attached hydrogens (tertiary/aromatic N) is 4. The van der Waals surface area contributed by atoms with Gasteiger partial charge in [0.05, 0.1) is 0 Å². The van der Waals surface area contributed by atoms with Crippen LogP contribution in [-0.2, 0) is 11.2 Å². The lowest BCUT2D eigenvalue weighted by Crippen LogP contribution is -2.49. The number of benzene rings is 1. The number of amides is 1. The monoisotopic (exact) mass is 322 g/mol. The minimum absolute atomic E-state index is 0.283. The molecular formula is C19H22N4O. The van der Waals surface area contributed by atoms with Gasteiger partial charge in [0, 0.05) is 45.0 Å². The maximum absolute atomic E-state index is 12.7. The molecule has 1 aromatic heterocycles. The quantitative estimate of drug-likeness (QED) is 0.870. The summed E-state index contributed by atoms with van der Waals surface area (Å²) in [6.45, 7) is 3.12. The highest BCUT2D eigenvalue weighted by molar-refractivity contribution is 5.77. The van der Waals surface area contributed by atoms with Crippen molar-refractivity contribution in [2.75, 3.05) is 31.1 Å². The maximum atomic E-state index is 12.7. The van der Waals surface area contributed by atoms with E-state index < -0.39 is 0 Å². The number of aromatic nitrogens is 2. The van der Waals surface area contributed by atoms with Crippen molar-refractivity contribution in [1.29, 1.82) is 0 Å². The summed E-state index contributed by atoms with van der Waals surface area (Å²) in [7, 11) is 0. The van der Waals surface area contributed by atoms with E-state index >= 15 is 0 Å². The molecule has 0 bridgehead atoms. The molecular weight excluding hydrogens is 300 g/mol. The van der Waals surface area contributed by atoms with Crippen LogP contribution in [-0.4, -0.2) is 47.0 Å². The van der Waals surface area contributed by atoms with Crippen LogP contribution < -0.4 is 4.90 Å². The van der Waals surface area contributed by atoms with Crippen molar-refractivity contribution in [2.24, 2.45) is 0 Å². The summed E-state index contributed by atoms with van der Waals surface area (Å²) in [4.78, 5) is 25.4. The molecule has 1 aliphatic carbocycles. The minimum Gasteiger partial charge on any atom is -0.339 e. The van der Waals surface area contributed by atoms with Gasteiger partial charge in [0.1, 0.15) is 0 Å². The summed E-state index contributed by atoms with van der Waals surface area (Å²) in [6.07, 6.45) is 6.36. The van der Waals surface area contributed by atoms with Crippen LogP contribution in [0.4, 0.5) is 5.95 Å². The van der Waals surface area contributed by atoms with Crippen LogP contribution in [0.5, 0.6) is 0 Å². The van der Waals surface area contributed by atoms with Gasteiger partial charge >= 0.3 is 0 Å². The standard InChI is InChI=1S/C19H22N4O/c24-18(14-16-7-6-15-4-1-2-5-17(15)16)22-10-12-23(13-11-22)19-20-8-3-9-21-19/h1-5,8-9,16H,6-7,10-14H2. The van der Waals surface area contributed by atoms with Crippen LogP contribution in [0.25, 0.3) is 0 Å². The van der Waals surface area contributed by atoms with E-state index in [4.69, 9.17) is 0 Å². The SMILES string of the molecule is O=C(CC1CCc2ccccc21)N1CCN(c2ncccn2)CC1. The van der Waals surface area contributed by atoms with E-state index in [1.807, 2.05) is 11.0 Å². The van der Waals surface area contributed by atoms with E-state index in [0.717, 1.165) is 45.0 Å². The first kappa shape index (κ1) is 15.1. The molecule has 0 spiro atoms. The van der Waals surface area contributed by atoms with E-state index in [-0.39, 0.29) is 5.91 Å². The fourth-order valence-electron chi connectivity index (χ4n) is 3.81. The van der Waals surface area contributed by atoms with Gasteiger partial charge in [-0.1, -0.05) is 24.3 Å². The normalized spacial score (nSPS) is 20.1. The molecule has 1 amide bonds. The number of hydrogen-bond donors (Lipinski definition) is 0. The zero-order chi connectivity index (χ0) is 16.4. The van der Waals surface area contributed by atoms with Crippen molar-refractivity contribution in [1.82, 2.24) is 14.9 Å². The highest BCUT2D eigenvalue weighted by Gasteiger charge is 2.28. The maximum Gasteiger partial charge on any atom is 0.225 e. The molecule has 0 radical (unpaired) electrons. The van der Waals surface area contributed by atoms with Crippen LogP contribution in [0.1, 0.15) is 29.9 Å². The van der Waals surface area contributed by atoms with E-state index in [1.165, 1.54) is 11.1 Å². The van der Waals surface area contributed by atoms with E-state index in [2.05, 4.69) is 39.1 Å². The Labute approximate surface area is 142 Å². The molecule has 5 nitrogen and oxygen atoms in total. The highest BCUT2D eigenvalue weighted by Crippen LogP contribution is 2.35. The summed E-state index contributed by atoms with van der Waals surface area (Å²) in [5.41, 5.74) is 2.79. The summed E-state index contributed by atoms with van der Waals surface area (Å²) < 4.78 is 0. The summed E-state index contributed by atoms with van der Waals surface area (Å²) in [5.74, 6) is 1.43. The average molecular weight is 322 g/mol. The molecule has 1 atom stereocenters. The molecule has 5 heteroatoms. The largest absolute Gasteiger partial charge is 0.339 e.